The van der Waals surface area contributed by atoms with Crippen LogP contribution in [0.3, 0.4) is 0 Å². The van der Waals surface area contributed by atoms with Crippen molar-refractivity contribution < 1.29 is 4.39 Å². The maximum absolute atomic E-state index is 12.8. The van der Waals surface area contributed by atoms with Gasteiger partial charge in [0, 0.05) is 30.7 Å². The topological polar surface area (TPSA) is 16.1 Å². The average Bonchev–Trinajstić information content (AvgIpc) is 2.62. The van der Waals surface area contributed by atoms with Crippen LogP contribution >= 0.6 is 11.3 Å². The molecule has 0 saturated carbocycles. The average molecular weight is 200 g/mol. The minimum Gasteiger partial charge on any atom is -0.298 e. The lowest BCUT2D eigenvalue weighted by Crippen LogP contribution is -2.33. The molecule has 0 radical (unpaired) electrons. The summed E-state index contributed by atoms with van der Waals surface area (Å²) in [6, 6.07) is 0. The van der Waals surface area contributed by atoms with Gasteiger partial charge in [-0.15, -0.1) is 11.3 Å². The summed E-state index contributed by atoms with van der Waals surface area (Å²) in [7, 11) is 0. The lowest BCUT2D eigenvalue weighted by Gasteiger charge is -2.27. The number of alkyl halides is 1. The molecule has 1 aromatic rings. The van der Waals surface area contributed by atoms with Gasteiger partial charge in [0.05, 0.1) is 5.51 Å². The number of thiazole rings is 1. The van der Waals surface area contributed by atoms with E-state index in [0.29, 0.717) is 12.8 Å². The maximum Gasteiger partial charge on any atom is 0.103 e. The van der Waals surface area contributed by atoms with Crippen LogP contribution in [-0.2, 0) is 6.54 Å². The summed E-state index contributed by atoms with van der Waals surface area (Å²) < 4.78 is 12.8. The van der Waals surface area contributed by atoms with Crippen molar-refractivity contribution in [2.45, 2.75) is 25.6 Å². The molecular formula is C9H13FN2S. The molecule has 0 unspecified atom stereocenters. The lowest BCUT2D eigenvalue weighted by molar-refractivity contribution is 0.146. The van der Waals surface area contributed by atoms with Crippen LogP contribution in [-0.4, -0.2) is 29.1 Å². The second kappa shape index (κ2) is 4.15. The quantitative estimate of drug-likeness (QED) is 0.726. The van der Waals surface area contributed by atoms with Gasteiger partial charge in [0.2, 0.25) is 0 Å². The fourth-order valence-electron chi connectivity index (χ4n) is 1.60. The molecule has 1 aliphatic heterocycles. The van der Waals surface area contributed by atoms with Crippen molar-refractivity contribution in [2.24, 2.45) is 0 Å². The van der Waals surface area contributed by atoms with Crippen LogP contribution in [0.1, 0.15) is 17.7 Å². The molecule has 0 N–H and O–H groups in total. The molecule has 2 rings (SSSR count). The van der Waals surface area contributed by atoms with Gasteiger partial charge >= 0.3 is 0 Å². The highest BCUT2D eigenvalue weighted by molar-refractivity contribution is 7.09. The molecular weight excluding hydrogens is 187 g/mol. The van der Waals surface area contributed by atoms with Crippen LogP contribution in [0.15, 0.2) is 11.7 Å². The van der Waals surface area contributed by atoms with Crippen LogP contribution in [0.4, 0.5) is 4.39 Å². The highest BCUT2D eigenvalue weighted by atomic mass is 32.1. The van der Waals surface area contributed by atoms with E-state index in [-0.39, 0.29) is 0 Å². The van der Waals surface area contributed by atoms with Crippen molar-refractivity contribution >= 4 is 11.3 Å². The van der Waals surface area contributed by atoms with Gasteiger partial charge in [0.25, 0.3) is 0 Å². The summed E-state index contributed by atoms with van der Waals surface area (Å²) in [6.45, 7) is 2.72. The summed E-state index contributed by atoms with van der Waals surface area (Å²) in [5, 5.41) is 0. The molecule has 0 amide bonds. The molecule has 1 fully saturated rings. The molecule has 0 aliphatic carbocycles. The van der Waals surface area contributed by atoms with E-state index in [9.17, 15) is 4.39 Å². The van der Waals surface area contributed by atoms with Crippen molar-refractivity contribution in [1.82, 2.24) is 9.88 Å². The van der Waals surface area contributed by atoms with E-state index < -0.39 is 6.17 Å². The third kappa shape index (κ3) is 2.48. The molecule has 2 nitrogen and oxygen atoms in total. The Bertz CT molecular complexity index is 242. The lowest BCUT2D eigenvalue weighted by atomic mass is 10.1. The van der Waals surface area contributed by atoms with Crippen LogP contribution in [0, 0.1) is 0 Å². The Hall–Kier alpha value is -0.480. The minimum atomic E-state index is -0.572. The molecule has 72 valence electrons. The van der Waals surface area contributed by atoms with Crippen molar-refractivity contribution in [3.8, 4) is 0 Å². The number of piperidine rings is 1. The number of aromatic nitrogens is 1. The van der Waals surface area contributed by atoms with E-state index in [4.69, 9.17) is 0 Å². The number of rotatable bonds is 2. The highest BCUT2D eigenvalue weighted by Crippen LogP contribution is 2.17. The maximum atomic E-state index is 12.8. The molecule has 0 bridgehead atoms. The highest BCUT2D eigenvalue weighted by Gasteiger charge is 2.18. The molecule has 1 aromatic heterocycles. The zero-order valence-electron chi connectivity index (χ0n) is 7.45. The normalized spacial score (nSPS) is 20.7. The molecule has 1 aliphatic rings. The second-order valence-corrected chi connectivity index (χ2v) is 4.39. The van der Waals surface area contributed by atoms with Gasteiger partial charge < -0.3 is 0 Å². The van der Waals surface area contributed by atoms with Gasteiger partial charge in [-0.2, -0.15) is 0 Å². The number of nitrogens with zero attached hydrogens (tertiary/aromatic N) is 2. The zero-order valence-corrected chi connectivity index (χ0v) is 8.26. The van der Waals surface area contributed by atoms with Crippen LogP contribution in [0.25, 0.3) is 0 Å². The first-order chi connectivity index (χ1) is 6.34. The standard InChI is InChI=1S/C9H13FN2S/c10-8-1-3-12(4-2-8)6-9-5-11-7-13-9/h5,7-8H,1-4,6H2. The molecule has 2 heterocycles. The molecule has 1 saturated heterocycles. The second-order valence-electron chi connectivity index (χ2n) is 3.42. The Morgan fingerprint density at radius 1 is 1.54 bits per heavy atom. The van der Waals surface area contributed by atoms with Gasteiger partial charge in [-0.25, -0.2) is 4.39 Å². The summed E-state index contributed by atoms with van der Waals surface area (Å²) in [6.07, 6.45) is 2.71. The third-order valence-electron chi connectivity index (χ3n) is 2.38. The van der Waals surface area contributed by atoms with E-state index in [0.717, 1.165) is 19.6 Å². The number of hydrogen-bond donors (Lipinski definition) is 0. The Morgan fingerprint density at radius 2 is 2.31 bits per heavy atom. The third-order valence-corrected chi connectivity index (χ3v) is 3.14. The summed E-state index contributed by atoms with van der Waals surface area (Å²) in [5.74, 6) is 0. The predicted octanol–water partition coefficient (Wildman–Crippen LogP) is 2.08. The van der Waals surface area contributed by atoms with Crippen molar-refractivity contribution in [3.05, 3.63) is 16.6 Å². The Morgan fingerprint density at radius 3 is 2.92 bits per heavy atom. The van der Waals surface area contributed by atoms with Gasteiger partial charge in [-0.3, -0.25) is 9.88 Å². The fourth-order valence-corrected chi connectivity index (χ4v) is 2.24. The Labute approximate surface area is 81.4 Å². The summed E-state index contributed by atoms with van der Waals surface area (Å²) >= 11 is 1.67. The van der Waals surface area contributed by atoms with Gasteiger partial charge in [-0.1, -0.05) is 0 Å². The first-order valence-corrected chi connectivity index (χ1v) is 5.46. The molecule has 0 aromatic carbocycles. The van der Waals surface area contributed by atoms with E-state index in [1.54, 1.807) is 11.3 Å². The van der Waals surface area contributed by atoms with Gasteiger partial charge in [0.1, 0.15) is 6.17 Å². The number of likely N-dealkylation sites (tertiary alicyclic amines) is 1. The fraction of sp³-hybridized carbons (Fsp3) is 0.667. The smallest absolute Gasteiger partial charge is 0.103 e. The van der Waals surface area contributed by atoms with Crippen molar-refractivity contribution in [2.75, 3.05) is 13.1 Å². The van der Waals surface area contributed by atoms with E-state index >= 15 is 0 Å². The monoisotopic (exact) mass is 200 g/mol. The molecule has 13 heavy (non-hydrogen) atoms. The molecule has 0 spiro atoms. The summed E-state index contributed by atoms with van der Waals surface area (Å²) in [4.78, 5) is 7.59. The first kappa shape index (κ1) is 9.09. The van der Waals surface area contributed by atoms with Crippen molar-refractivity contribution in [1.29, 1.82) is 0 Å². The zero-order chi connectivity index (χ0) is 9.10. The van der Waals surface area contributed by atoms with Crippen molar-refractivity contribution in [3.63, 3.8) is 0 Å². The molecule has 0 atom stereocenters. The number of hydrogen-bond acceptors (Lipinski definition) is 3. The van der Waals surface area contributed by atoms with E-state index in [2.05, 4.69) is 9.88 Å². The molecule has 4 heteroatoms. The van der Waals surface area contributed by atoms with Crippen LogP contribution in [0.2, 0.25) is 0 Å². The minimum absolute atomic E-state index is 0.572. The van der Waals surface area contributed by atoms with Gasteiger partial charge in [-0.05, 0) is 12.8 Å². The predicted molar refractivity (Wildman–Crippen MR) is 51.5 cm³/mol. The van der Waals surface area contributed by atoms with E-state index in [1.807, 2.05) is 11.7 Å². The first-order valence-electron chi connectivity index (χ1n) is 4.58. The Balaban J connectivity index is 1.83. The van der Waals surface area contributed by atoms with E-state index in [1.165, 1.54) is 4.88 Å². The van der Waals surface area contributed by atoms with Crippen LogP contribution in [0.5, 0.6) is 0 Å². The number of halogens is 1. The van der Waals surface area contributed by atoms with Gasteiger partial charge in [0.15, 0.2) is 0 Å². The van der Waals surface area contributed by atoms with Crippen LogP contribution < -0.4 is 0 Å². The SMILES string of the molecule is FC1CCN(Cc2cncs2)CC1. The largest absolute Gasteiger partial charge is 0.298 e. The Kier molecular flexibility index (Phi) is 2.90. The summed E-state index contributed by atoms with van der Waals surface area (Å²) in [5.41, 5.74) is 1.84.